The number of rotatable bonds is 21. The van der Waals surface area contributed by atoms with Crippen LogP contribution >= 0.6 is 0 Å². The highest BCUT2D eigenvalue weighted by atomic mass is 32.2. The Morgan fingerprint density at radius 2 is 0.639 bits per heavy atom. The minimum Gasteiger partial charge on any atom is -0.309 e. The first-order valence-electron chi connectivity index (χ1n) is 32.4. The standard InChI is InChI=1S/C17H28N2.C16H26N2.C16H25N.C13H21N.C12H18O2S/c1-4-18-11-13-19(14-12-18)10-9-16-5-7-17(8-6-16)15(2)3;1-14(2)16-6-4-15(5-7-16)8-9-18-12-10-17(3)11-13-18;1-14(2)16-8-6-15(7-9-16)10-13-17-11-4-3-5-12-17;1-11(2)13-7-5-12(6-8-13)9-10-14(3)4;1-10(2)12-6-4-11(5-7-12)8-9-15(3,13)14/h5-8,15H,4,9-14H2,1-3H3;4-7,14H,8-13H2,1-3H3;6-9,14H,3-5,10-13H2,1-2H3;5-8,11H,9-10H2,1-4H3;4-7,10H,8-9H2,1-3H3. The molecule has 3 aliphatic rings. The van der Waals surface area contributed by atoms with Gasteiger partial charge in [0.05, 0.1) is 5.75 Å². The van der Waals surface area contributed by atoms with E-state index in [1.165, 1.54) is 186 Å². The van der Waals surface area contributed by atoms with Gasteiger partial charge in [-0.3, -0.25) is 0 Å². The fourth-order valence-corrected chi connectivity index (χ4v) is 11.1. The number of aryl methyl sites for hydroxylation is 1. The first-order valence-corrected chi connectivity index (χ1v) is 34.5. The van der Waals surface area contributed by atoms with E-state index in [-0.39, 0.29) is 5.75 Å². The highest BCUT2D eigenvalue weighted by molar-refractivity contribution is 7.90. The van der Waals surface area contributed by atoms with Gasteiger partial charge in [0.15, 0.2) is 0 Å². The molecule has 3 aliphatic heterocycles. The molecule has 9 heteroatoms. The average Bonchev–Trinajstić information content (AvgIpc) is 3.49. The summed E-state index contributed by atoms with van der Waals surface area (Å²) in [4.78, 5) is 15.0. The molecule has 5 aromatic rings. The van der Waals surface area contributed by atoms with Crippen LogP contribution in [0.3, 0.4) is 0 Å². The smallest absolute Gasteiger partial charge is 0.147 e. The van der Waals surface area contributed by atoms with Gasteiger partial charge in [0.1, 0.15) is 9.84 Å². The lowest BCUT2D eigenvalue weighted by Gasteiger charge is -2.34. The molecule has 462 valence electrons. The second kappa shape index (κ2) is 38.8. The van der Waals surface area contributed by atoms with E-state index >= 15 is 0 Å². The molecule has 0 unspecified atom stereocenters. The lowest BCUT2D eigenvalue weighted by molar-refractivity contribution is 0.138. The van der Waals surface area contributed by atoms with Crippen molar-refractivity contribution < 1.29 is 8.42 Å². The number of piperidine rings is 1. The number of hydrogen-bond acceptors (Lipinski definition) is 8. The van der Waals surface area contributed by atoms with Gasteiger partial charge in [-0.05, 0) is 171 Å². The van der Waals surface area contributed by atoms with Gasteiger partial charge in [-0.15, -0.1) is 0 Å². The topological polar surface area (TPSA) is 53.6 Å². The van der Waals surface area contributed by atoms with Crippen molar-refractivity contribution in [2.24, 2.45) is 0 Å². The van der Waals surface area contributed by atoms with Crippen LogP contribution in [-0.4, -0.2) is 169 Å². The van der Waals surface area contributed by atoms with Gasteiger partial charge < -0.3 is 29.4 Å². The van der Waals surface area contributed by atoms with Crippen LogP contribution in [0.25, 0.3) is 0 Å². The van der Waals surface area contributed by atoms with Crippen molar-refractivity contribution in [2.45, 2.75) is 157 Å². The van der Waals surface area contributed by atoms with Crippen molar-refractivity contribution in [2.75, 3.05) is 131 Å². The van der Waals surface area contributed by atoms with Crippen molar-refractivity contribution >= 4 is 9.84 Å². The number of nitrogens with zero attached hydrogens (tertiary/aromatic N) is 6. The zero-order valence-electron chi connectivity index (χ0n) is 55.3. The summed E-state index contributed by atoms with van der Waals surface area (Å²) in [5, 5.41) is 0. The van der Waals surface area contributed by atoms with Gasteiger partial charge in [0.2, 0.25) is 0 Å². The van der Waals surface area contributed by atoms with Crippen LogP contribution in [0.4, 0.5) is 0 Å². The minimum atomic E-state index is -2.85. The van der Waals surface area contributed by atoms with Crippen LogP contribution in [0.2, 0.25) is 0 Å². The Balaban J connectivity index is 0.000000224. The van der Waals surface area contributed by atoms with E-state index < -0.39 is 9.84 Å². The van der Waals surface area contributed by atoms with Gasteiger partial charge >= 0.3 is 0 Å². The van der Waals surface area contributed by atoms with Gasteiger partial charge in [0.25, 0.3) is 0 Å². The molecule has 83 heavy (non-hydrogen) atoms. The Labute approximate surface area is 510 Å². The summed E-state index contributed by atoms with van der Waals surface area (Å²) in [6, 6.07) is 44.7. The molecule has 0 aromatic heterocycles. The largest absolute Gasteiger partial charge is 0.309 e. The molecule has 5 aromatic carbocycles. The molecule has 3 fully saturated rings. The van der Waals surface area contributed by atoms with E-state index in [4.69, 9.17) is 0 Å². The second-order valence-corrected chi connectivity index (χ2v) is 28.2. The molecule has 0 amide bonds. The summed E-state index contributed by atoms with van der Waals surface area (Å²) in [6.07, 6.45) is 10.8. The molecular weight excluding hydrogens is 1040 g/mol. The first kappa shape index (κ1) is 71.3. The van der Waals surface area contributed by atoms with Crippen molar-refractivity contribution in [1.29, 1.82) is 0 Å². The summed E-state index contributed by atoms with van der Waals surface area (Å²) in [5.41, 5.74) is 14.0. The maximum atomic E-state index is 11.0. The lowest BCUT2D eigenvalue weighted by Crippen LogP contribution is -2.46. The summed E-state index contributed by atoms with van der Waals surface area (Å²) >= 11 is 0. The number of piperazine rings is 2. The third-order valence-electron chi connectivity index (χ3n) is 16.9. The van der Waals surface area contributed by atoms with E-state index in [1.807, 2.05) is 12.1 Å². The Morgan fingerprint density at radius 1 is 0.373 bits per heavy atom. The van der Waals surface area contributed by atoms with E-state index in [0.717, 1.165) is 18.5 Å². The Bertz CT molecular complexity index is 2540. The zero-order chi connectivity index (χ0) is 60.7. The number of likely N-dealkylation sites (N-methyl/N-ethyl adjacent to an activating group) is 3. The Hall–Kier alpha value is -4.19. The normalized spacial score (nSPS) is 15.8. The minimum absolute atomic E-state index is 0.230. The highest BCUT2D eigenvalue weighted by Gasteiger charge is 2.16. The van der Waals surface area contributed by atoms with Crippen molar-refractivity contribution in [3.8, 4) is 0 Å². The van der Waals surface area contributed by atoms with E-state index in [1.54, 1.807) is 0 Å². The zero-order valence-corrected chi connectivity index (χ0v) is 56.1. The van der Waals surface area contributed by atoms with Crippen molar-refractivity contribution in [3.05, 3.63) is 177 Å². The molecule has 0 bridgehead atoms. The monoisotopic (exact) mass is 1150 g/mol. The van der Waals surface area contributed by atoms with Crippen LogP contribution in [0, 0.1) is 0 Å². The van der Waals surface area contributed by atoms with E-state index in [0.29, 0.717) is 36.0 Å². The molecule has 0 N–H and O–H groups in total. The molecule has 8 nitrogen and oxygen atoms in total. The van der Waals surface area contributed by atoms with Crippen LogP contribution < -0.4 is 0 Å². The fourth-order valence-electron chi connectivity index (χ4n) is 10.4. The number of sulfone groups is 1. The maximum absolute atomic E-state index is 11.0. The molecule has 0 saturated carbocycles. The number of likely N-dealkylation sites (tertiary alicyclic amines) is 1. The molecule has 0 atom stereocenters. The third kappa shape index (κ3) is 30.1. The second-order valence-electron chi connectivity index (χ2n) is 26.0. The predicted octanol–water partition coefficient (Wildman–Crippen LogP) is 14.7. The van der Waals surface area contributed by atoms with E-state index in [2.05, 4.69) is 236 Å². The molecule has 3 heterocycles. The highest BCUT2D eigenvalue weighted by Crippen LogP contribution is 2.20. The molecule has 8 rings (SSSR count). The van der Waals surface area contributed by atoms with Gasteiger partial charge in [-0.25, -0.2) is 8.42 Å². The van der Waals surface area contributed by atoms with Crippen molar-refractivity contribution in [1.82, 2.24) is 29.4 Å². The molecule has 0 spiro atoms. The number of benzene rings is 5. The SMILES string of the molecule is CC(C)c1ccc(CCN(C)C)cc1.CC(C)c1ccc(CCN2CCCCC2)cc1.CC(C)c1ccc(CCN2CCN(C)CC2)cc1.CC(C)c1ccc(CCS(C)(=O)=O)cc1.CCN1CCN(CCc2ccc(C(C)C)cc2)CC1. The molecule has 0 aliphatic carbocycles. The Morgan fingerprint density at radius 3 is 0.916 bits per heavy atom. The lowest BCUT2D eigenvalue weighted by atomic mass is 10.0. The maximum Gasteiger partial charge on any atom is 0.147 e. The quantitative estimate of drug-likeness (QED) is 0.0720. The molecule has 3 saturated heterocycles. The van der Waals surface area contributed by atoms with Crippen LogP contribution in [0.1, 0.15) is 181 Å². The Kier molecular flexibility index (Phi) is 33.3. The van der Waals surface area contributed by atoms with Gasteiger partial charge in [-0.2, -0.15) is 0 Å². The molecule has 0 radical (unpaired) electrons. The molecular formula is C74H118N6O2S. The van der Waals surface area contributed by atoms with Crippen LogP contribution in [0.15, 0.2) is 121 Å². The third-order valence-corrected chi connectivity index (χ3v) is 17.9. The summed E-state index contributed by atoms with van der Waals surface area (Å²) < 4.78 is 22.0. The predicted molar refractivity (Wildman–Crippen MR) is 362 cm³/mol. The van der Waals surface area contributed by atoms with Crippen LogP contribution in [-0.2, 0) is 41.9 Å². The summed E-state index contributed by atoms with van der Waals surface area (Å²) in [5.74, 6) is 3.31. The fraction of sp³-hybridized carbons (Fsp3) is 0.595. The van der Waals surface area contributed by atoms with Gasteiger partial charge in [-0.1, -0.05) is 204 Å². The number of hydrogen-bond donors (Lipinski definition) is 0. The van der Waals surface area contributed by atoms with Crippen LogP contribution in [0.5, 0.6) is 0 Å². The van der Waals surface area contributed by atoms with Gasteiger partial charge in [0, 0.05) is 84.8 Å². The van der Waals surface area contributed by atoms with E-state index in [9.17, 15) is 8.42 Å². The summed E-state index contributed by atoms with van der Waals surface area (Å²) in [7, 11) is 3.59. The van der Waals surface area contributed by atoms with Crippen molar-refractivity contribution in [3.63, 3.8) is 0 Å². The first-order chi connectivity index (χ1) is 39.6. The summed E-state index contributed by atoms with van der Waals surface area (Å²) in [6.45, 7) is 42.9. The average molecular weight is 1160 g/mol.